The standard InChI is InChI=1S/C11H19N3O3/c1-4-6-14-10(12)8(5-7-16-2)9(13-14)11(15)17-3/h4-7,12H2,1-3H3. The van der Waals surface area contributed by atoms with Gasteiger partial charge in [0, 0.05) is 25.6 Å². The Bertz CT molecular complexity index is 388. The molecule has 0 atom stereocenters. The van der Waals surface area contributed by atoms with Crippen LogP contribution in [-0.2, 0) is 22.4 Å². The highest BCUT2D eigenvalue weighted by atomic mass is 16.5. The third-order valence-corrected chi connectivity index (χ3v) is 2.46. The zero-order valence-corrected chi connectivity index (χ0v) is 10.5. The Morgan fingerprint density at radius 1 is 1.47 bits per heavy atom. The molecule has 1 heterocycles. The van der Waals surface area contributed by atoms with Crippen molar-refractivity contribution in [2.45, 2.75) is 26.3 Å². The fraction of sp³-hybridized carbons (Fsp3) is 0.636. The second kappa shape index (κ2) is 6.24. The minimum absolute atomic E-state index is 0.288. The fourth-order valence-electron chi connectivity index (χ4n) is 1.61. The number of nitrogen functional groups attached to an aromatic ring is 1. The van der Waals surface area contributed by atoms with Gasteiger partial charge in [-0.2, -0.15) is 5.10 Å². The van der Waals surface area contributed by atoms with Crippen molar-refractivity contribution in [2.75, 3.05) is 26.6 Å². The van der Waals surface area contributed by atoms with Gasteiger partial charge in [-0.1, -0.05) is 6.92 Å². The predicted molar refractivity (Wildman–Crippen MR) is 63.8 cm³/mol. The first-order valence-electron chi connectivity index (χ1n) is 5.58. The van der Waals surface area contributed by atoms with Crippen LogP contribution in [0, 0.1) is 0 Å². The molecule has 0 saturated carbocycles. The van der Waals surface area contributed by atoms with Crippen LogP contribution in [-0.4, -0.2) is 36.6 Å². The van der Waals surface area contributed by atoms with E-state index >= 15 is 0 Å². The molecule has 0 aliphatic carbocycles. The number of hydrogen-bond acceptors (Lipinski definition) is 5. The molecule has 0 aliphatic heterocycles. The molecule has 0 fully saturated rings. The summed E-state index contributed by atoms with van der Waals surface area (Å²) in [6.07, 6.45) is 1.45. The first-order valence-corrected chi connectivity index (χ1v) is 5.58. The number of esters is 1. The zero-order chi connectivity index (χ0) is 12.8. The van der Waals surface area contributed by atoms with Crippen LogP contribution in [0.5, 0.6) is 0 Å². The van der Waals surface area contributed by atoms with E-state index in [-0.39, 0.29) is 5.69 Å². The molecule has 0 saturated heterocycles. The third kappa shape index (κ3) is 2.97. The highest BCUT2D eigenvalue weighted by molar-refractivity contribution is 5.90. The monoisotopic (exact) mass is 241 g/mol. The molecule has 0 spiro atoms. The van der Waals surface area contributed by atoms with E-state index in [1.165, 1.54) is 7.11 Å². The fourth-order valence-corrected chi connectivity index (χ4v) is 1.61. The van der Waals surface area contributed by atoms with Crippen LogP contribution in [0.15, 0.2) is 0 Å². The number of carbonyl (C=O) groups is 1. The Morgan fingerprint density at radius 2 is 2.18 bits per heavy atom. The van der Waals surface area contributed by atoms with Crippen LogP contribution in [0.4, 0.5) is 5.82 Å². The van der Waals surface area contributed by atoms with Crippen LogP contribution >= 0.6 is 0 Å². The number of nitrogens with two attached hydrogens (primary N) is 1. The van der Waals surface area contributed by atoms with E-state index in [0.29, 0.717) is 31.0 Å². The normalized spacial score (nSPS) is 10.5. The molecule has 6 heteroatoms. The van der Waals surface area contributed by atoms with Gasteiger partial charge in [-0.25, -0.2) is 9.48 Å². The maximum Gasteiger partial charge on any atom is 0.358 e. The Hall–Kier alpha value is -1.56. The molecule has 1 rings (SSSR count). The molecule has 0 aromatic carbocycles. The quantitative estimate of drug-likeness (QED) is 0.747. The summed E-state index contributed by atoms with van der Waals surface area (Å²) in [4.78, 5) is 11.6. The number of hydrogen-bond donors (Lipinski definition) is 1. The van der Waals surface area contributed by atoms with E-state index in [1.807, 2.05) is 6.92 Å². The number of rotatable bonds is 6. The van der Waals surface area contributed by atoms with Gasteiger partial charge in [-0.3, -0.25) is 0 Å². The van der Waals surface area contributed by atoms with Crippen molar-refractivity contribution in [1.29, 1.82) is 0 Å². The smallest absolute Gasteiger partial charge is 0.358 e. The molecule has 17 heavy (non-hydrogen) atoms. The first-order chi connectivity index (χ1) is 8.15. The van der Waals surface area contributed by atoms with Crippen molar-refractivity contribution in [3.8, 4) is 0 Å². The van der Waals surface area contributed by atoms with Gasteiger partial charge < -0.3 is 15.2 Å². The lowest BCUT2D eigenvalue weighted by Gasteiger charge is -2.03. The molecule has 96 valence electrons. The summed E-state index contributed by atoms with van der Waals surface area (Å²) in [7, 11) is 2.93. The first kappa shape index (κ1) is 13.5. The zero-order valence-electron chi connectivity index (χ0n) is 10.5. The Balaban J connectivity index is 3.07. The van der Waals surface area contributed by atoms with E-state index in [4.69, 9.17) is 15.2 Å². The molecule has 0 aliphatic rings. The Labute approximate surface area is 101 Å². The number of carbonyl (C=O) groups excluding carboxylic acids is 1. The Morgan fingerprint density at radius 3 is 2.71 bits per heavy atom. The van der Waals surface area contributed by atoms with Gasteiger partial charge in [-0.05, 0) is 6.42 Å². The van der Waals surface area contributed by atoms with Gasteiger partial charge in [-0.15, -0.1) is 0 Å². The summed E-state index contributed by atoms with van der Waals surface area (Å²) in [5.74, 6) is 0.0574. The average molecular weight is 241 g/mol. The summed E-state index contributed by atoms with van der Waals surface area (Å²) in [6, 6.07) is 0. The van der Waals surface area contributed by atoms with Gasteiger partial charge in [0.25, 0.3) is 0 Å². The number of anilines is 1. The molecule has 1 aromatic heterocycles. The minimum atomic E-state index is -0.461. The number of ether oxygens (including phenoxy) is 2. The molecule has 0 unspecified atom stereocenters. The van der Waals surface area contributed by atoms with Crippen LogP contribution < -0.4 is 5.73 Å². The predicted octanol–water partition coefficient (Wildman–Crippen LogP) is 0.851. The lowest BCUT2D eigenvalue weighted by atomic mass is 10.1. The molecule has 1 aromatic rings. The third-order valence-electron chi connectivity index (χ3n) is 2.46. The van der Waals surface area contributed by atoms with Crippen molar-refractivity contribution in [1.82, 2.24) is 9.78 Å². The lowest BCUT2D eigenvalue weighted by molar-refractivity contribution is 0.0591. The van der Waals surface area contributed by atoms with E-state index in [0.717, 1.165) is 6.42 Å². The van der Waals surface area contributed by atoms with Crippen molar-refractivity contribution < 1.29 is 14.3 Å². The van der Waals surface area contributed by atoms with Gasteiger partial charge in [0.1, 0.15) is 5.82 Å². The lowest BCUT2D eigenvalue weighted by Crippen LogP contribution is -2.07. The molecule has 0 radical (unpaired) electrons. The molecule has 0 bridgehead atoms. The molecule has 0 amide bonds. The van der Waals surface area contributed by atoms with Crippen molar-refractivity contribution >= 4 is 11.8 Å². The number of aryl methyl sites for hydroxylation is 1. The summed E-state index contributed by atoms with van der Waals surface area (Å²) in [6.45, 7) is 3.20. The molecular weight excluding hydrogens is 222 g/mol. The topological polar surface area (TPSA) is 79.4 Å². The minimum Gasteiger partial charge on any atom is -0.464 e. The summed E-state index contributed by atoms with van der Waals surface area (Å²) < 4.78 is 11.3. The van der Waals surface area contributed by atoms with E-state index in [2.05, 4.69) is 5.10 Å². The molecular formula is C11H19N3O3. The van der Waals surface area contributed by atoms with Crippen LogP contribution in [0.3, 0.4) is 0 Å². The molecule has 6 nitrogen and oxygen atoms in total. The summed E-state index contributed by atoms with van der Waals surface area (Å²) >= 11 is 0. The van der Waals surface area contributed by atoms with Crippen LogP contribution in [0.25, 0.3) is 0 Å². The number of nitrogens with zero attached hydrogens (tertiary/aromatic N) is 2. The van der Waals surface area contributed by atoms with Gasteiger partial charge >= 0.3 is 5.97 Å². The summed E-state index contributed by atoms with van der Waals surface area (Å²) in [5, 5.41) is 4.18. The molecule has 2 N–H and O–H groups in total. The Kier molecular flexibility index (Phi) is 4.96. The van der Waals surface area contributed by atoms with Gasteiger partial charge in [0.05, 0.1) is 13.7 Å². The largest absolute Gasteiger partial charge is 0.464 e. The van der Waals surface area contributed by atoms with Crippen LogP contribution in [0.2, 0.25) is 0 Å². The SMILES string of the molecule is CCCn1nc(C(=O)OC)c(CCOC)c1N. The summed E-state index contributed by atoms with van der Waals surface area (Å²) in [5.41, 5.74) is 6.95. The highest BCUT2D eigenvalue weighted by Gasteiger charge is 2.21. The van der Waals surface area contributed by atoms with Gasteiger partial charge in [0.2, 0.25) is 0 Å². The highest BCUT2D eigenvalue weighted by Crippen LogP contribution is 2.19. The van der Waals surface area contributed by atoms with Gasteiger partial charge in [0.15, 0.2) is 5.69 Å². The van der Waals surface area contributed by atoms with Crippen molar-refractivity contribution in [3.05, 3.63) is 11.3 Å². The van der Waals surface area contributed by atoms with Crippen LogP contribution in [0.1, 0.15) is 29.4 Å². The number of methoxy groups -OCH3 is 2. The van der Waals surface area contributed by atoms with Crippen molar-refractivity contribution in [2.24, 2.45) is 0 Å². The number of aromatic nitrogens is 2. The maximum absolute atomic E-state index is 11.6. The average Bonchev–Trinajstić information content (AvgIpc) is 2.64. The second-order valence-electron chi connectivity index (χ2n) is 3.67. The van der Waals surface area contributed by atoms with E-state index in [1.54, 1.807) is 11.8 Å². The van der Waals surface area contributed by atoms with E-state index < -0.39 is 5.97 Å². The maximum atomic E-state index is 11.6. The van der Waals surface area contributed by atoms with E-state index in [9.17, 15) is 4.79 Å². The second-order valence-corrected chi connectivity index (χ2v) is 3.67. The van der Waals surface area contributed by atoms with Crippen molar-refractivity contribution in [3.63, 3.8) is 0 Å².